The third kappa shape index (κ3) is 4.52. The minimum absolute atomic E-state index is 0.0705. The van der Waals surface area contributed by atoms with Crippen molar-refractivity contribution in [2.75, 3.05) is 28.4 Å². The molecule has 34 heavy (non-hydrogen) atoms. The Kier molecular flexibility index (Phi) is 7.43. The monoisotopic (exact) mass is 462 g/mol. The minimum atomic E-state index is -0.706. The first kappa shape index (κ1) is 24.2. The molecule has 0 bridgehead atoms. The van der Waals surface area contributed by atoms with Crippen LogP contribution >= 0.6 is 0 Å². The maximum absolute atomic E-state index is 12.8. The molecule has 0 amide bonds. The van der Waals surface area contributed by atoms with Crippen molar-refractivity contribution in [2.24, 2.45) is 0 Å². The van der Waals surface area contributed by atoms with E-state index < -0.39 is 23.9 Å². The predicted molar refractivity (Wildman–Crippen MR) is 123 cm³/mol. The number of esters is 4. The molecule has 0 N–H and O–H groups in total. The normalized spacial score (nSPS) is 10.2. The lowest BCUT2D eigenvalue weighted by atomic mass is 9.87. The third-order valence-electron chi connectivity index (χ3n) is 5.21. The lowest BCUT2D eigenvalue weighted by Crippen LogP contribution is -2.12. The van der Waals surface area contributed by atoms with Crippen molar-refractivity contribution >= 4 is 23.9 Å². The van der Waals surface area contributed by atoms with Crippen LogP contribution in [0.15, 0.2) is 60.7 Å². The zero-order valence-corrected chi connectivity index (χ0v) is 19.0. The predicted octanol–water partition coefficient (Wildman–Crippen LogP) is 4.17. The highest BCUT2D eigenvalue weighted by Gasteiger charge is 2.26. The first-order valence-electron chi connectivity index (χ1n) is 10.1. The van der Waals surface area contributed by atoms with E-state index >= 15 is 0 Å². The van der Waals surface area contributed by atoms with Gasteiger partial charge in [-0.2, -0.15) is 0 Å². The summed E-state index contributed by atoms with van der Waals surface area (Å²) in [4.78, 5) is 50.4. The van der Waals surface area contributed by atoms with Crippen molar-refractivity contribution < 1.29 is 38.1 Å². The van der Waals surface area contributed by atoms with Gasteiger partial charge in [0.15, 0.2) is 0 Å². The largest absolute Gasteiger partial charge is 0.465 e. The first-order chi connectivity index (χ1) is 16.4. The highest BCUT2D eigenvalue weighted by Crippen LogP contribution is 2.36. The summed E-state index contributed by atoms with van der Waals surface area (Å²) in [5.74, 6) is -2.65. The van der Waals surface area contributed by atoms with Crippen LogP contribution in [0.4, 0.5) is 0 Å². The van der Waals surface area contributed by atoms with Gasteiger partial charge in [-0.15, -0.1) is 0 Å². The van der Waals surface area contributed by atoms with Crippen LogP contribution < -0.4 is 0 Å². The van der Waals surface area contributed by atoms with Crippen LogP contribution in [0, 0.1) is 0 Å². The number of rotatable bonds is 6. The van der Waals surface area contributed by atoms with E-state index in [1.165, 1.54) is 40.6 Å². The van der Waals surface area contributed by atoms with Crippen molar-refractivity contribution in [3.05, 3.63) is 82.9 Å². The first-order valence-corrected chi connectivity index (χ1v) is 10.1. The van der Waals surface area contributed by atoms with Crippen LogP contribution in [-0.2, 0) is 18.9 Å². The Labute approximate surface area is 196 Å². The maximum atomic E-state index is 12.8. The second kappa shape index (κ2) is 10.4. The molecule has 0 saturated carbocycles. The Bertz CT molecular complexity index is 1180. The summed E-state index contributed by atoms with van der Waals surface area (Å²) < 4.78 is 19.7. The Balaban J connectivity index is 2.43. The second-order valence-electron chi connectivity index (χ2n) is 7.00. The molecular weight excluding hydrogens is 440 g/mol. The Hall–Kier alpha value is -4.46. The minimum Gasteiger partial charge on any atom is -0.465 e. The molecule has 0 atom stereocenters. The fraction of sp³-hybridized carbons (Fsp3) is 0.154. The lowest BCUT2D eigenvalue weighted by molar-refractivity contribution is 0.0586. The van der Waals surface area contributed by atoms with Crippen LogP contribution in [0.1, 0.15) is 41.4 Å². The van der Waals surface area contributed by atoms with Gasteiger partial charge in [-0.3, -0.25) is 0 Å². The van der Waals surface area contributed by atoms with Gasteiger partial charge in [-0.05, 0) is 46.5 Å². The molecule has 0 spiro atoms. The molecule has 0 aliphatic heterocycles. The summed E-state index contributed by atoms with van der Waals surface area (Å²) in [5.41, 5.74) is 1.74. The van der Waals surface area contributed by atoms with E-state index in [4.69, 9.17) is 18.9 Å². The zero-order valence-electron chi connectivity index (χ0n) is 19.0. The van der Waals surface area contributed by atoms with Crippen LogP contribution in [0.2, 0.25) is 0 Å². The number of methoxy groups -OCH3 is 4. The molecule has 0 heterocycles. The average Bonchev–Trinajstić information content (AvgIpc) is 2.90. The van der Waals surface area contributed by atoms with Crippen LogP contribution in [0.5, 0.6) is 0 Å². The zero-order chi connectivity index (χ0) is 24.8. The smallest absolute Gasteiger partial charge is 0.338 e. The molecule has 0 aliphatic carbocycles. The van der Waals surface area contributed by atoms with Gasteiger partial charge in [-0.1, -0.05) is 36.4 Å². The number of carbonyl (C=O) groups is 4. The van der Waals surface area contributed by atoms with Gasteiger partial charge in [0, 0.05) is 0 Å². The molecule has 3 aromatic rings. The topological polar surface area (TPSA) is 105 Å². The van der Waals surface area contributed by atoms with E-state index in [1.54, 1.807) is 48.5 Å². The number of hydrogen-bond acceptors (Lipinski definition) is 8. The number of benzene rings is 3. The second-order valence-corrected chi connectivity index (χ2v) is 7.00. The third-order valence-corrected chi connectivity index (χ3v) is 5.21. The number of hydrogen-bond donors (Lipinski definition) is 0. The van der Waals surface area contributed by atoms with Crippen LogP contribution in [0.25, 0.3) is 22.3 Å². The van der Waals surface area contributed by atoms with E-state index in [1.807, 2.05) is 0 Å². The molecular formula is C26H22O8. The van der Waals surface area contributed by atoms with Gasteiger partial charge in [-0.25, -0.2) is 19.2 Å². The summed E-state index contributed by atoms with van der Waals surface area (Å²) in [6.45, 7) is 0. The molecule has 174 valence electrons. The molecule has 0 unspecified atom stereocenters. The van der Waals surface area contributed by atoms with E-state index in [0.717, 1.165) is 0 Å². The quantitative estimate of drug-likeness (QED) is 0.397. The maximum Gasteiger partial charge on any atom is 0.338 e. The van der Waals surface area contributed by atoms with Crippen LogP contribution in [-0.4, -0.2) is 52.3 Å². The molecule has 0 fully saturated rings. The summed E-state index contributed by atoms with van der Waals surface area (Å²) in [5, 5.41) is 0. The standard InChI is InChI=1S/C26H22O8/c1-31-23(27)17-11-7-5-9-15(17)19-13-22(26(30)34-4)20(14-21(19)25(29)33-3)16-10-6-8-12-18(16)24(28)32-2/h5-14H,1-4H3. The molecule has 0 radical (unpaired) electrons. The van der Waals surface area contributed by atoms with E-state index in [0.29, 0.717) is 11.1 Å². The SMILES string of the molecule is COC(=O)c1ccccc1-c1cc(C(=O)OC)c(-c2ccccc2C(=O)OC)cc1C(=O)OC. The molecule has 0 aliphatic rings. The highest BCUT2D eigenvalue weighted by atomic mass is 16.5. The fourth-order valence-electron chi connectivity index (χ4n) is 3.61. The molecule has 8 heteroatoms. The Morgan fingerprint density at radius 3 is 1.06 bits per heavy atom. The summed E-state index contributed by atoms with van der Waals surface area (Å²) >= 11 is 0. The van der Waals surface area contributed by atoms with Gasteiger partial charge in [0.2, 0.25) is 0 Å². The van der Waals surface area contributed by atoms with E-state index in [9.17, 15) is 19.2 Å². The molecule has 3 rings (SSSR count). The van der Waals surface area contributed by atoms with Crippen molar-refractivity contribution in [3.8, 4) is 22.3 Å². The van der Waals surface area contributed by atoms with Gasteiger partial charge in [0.1, 0.15) is 0 Å². The van der Waals surface area contributed by atoms with Crippen molar-refractivity contribution in [1.82, 2.24) is 0 Å². The Morgan fingerprint density at radius 1 is 0.441 bits per heavy atom. The van der Waals surface area contributed by atoms with Crippen molar-refractivity contribution in [2.45, 2.75) is 0 Å². The molecule has 0 aromatic heterocycles. The van der Waals surface area contributed by atoms with Gasteiger partial charge >= 0.3 is 23.9 Å². The summed E-state index contributed by atoms with van der Waals surface area (Å²) in [6.07, 6.45) is 0. The lowest BCUT2D eigenvalue weighted by Gasteiger charge is -2.18. The summed E-state index contributed by atoms with van der Waals surface area (Å²) in [6, 6.07) is 15.9. The highest BCUT2D eigenvalue weighted by molar-refractivity contribution is 6.09. The summed E-state index contributed by atoms with van der Waals surface area (Å²) in [7, 11) is 4.92. The molecule has 0 saturated heterocycles. The fourth-order valence-corrected chi connectivity index (χ4v) is 3.61. The van der Waals surface area contributed by atoms with Gasteiger partial charge in [0.25, 0.3) is 0 Å². The molecule has 3 aromatic carbocycles. The van der Waals surface area contributed by atoms with Gasteiger partial charge < -0.3 is 18.9 Å². The average molecular weight is 462 g/mol. The van der Waals surface area contributed by atoms with Crippen molar-refractivity contribution in [3.63, 3.8) is 0 Å². The molecule has 8 nitrogen and oxygen atoms in total. The van der Waals surface area contributed by atoms with Crippen molar-refractivity contribution in [1.29, 1.82) is 0 Å². The van der Waals surface area contributed by atoms with Crippen LogP contribution in [0.3, 0.4) is 0 Å². The van der Waals surface area contributed by atoms with E-state index in [2.05, 4.69) is 0 Å². The number of carbonyl (C=O) groups excluding carboxylic acids is 4. The number of ether oxygens (including phenoxy) is 4. The van der Waals surface area contributed by atoms with Gasteiger partial charge in [0.05, 0.1) is 50.7 Å². The van der Waals surface area contributed by atoms with E-state index in [-0.39, 0.29) is 33.4 Å². The Morgan fingerprint density at radius 2 is 0.735 bits per heavy atom.